The van der Waals surface area contributed by atoms with E-state index in [-0.39, 0.29) is 0 Å². The average Bonchev–Trinajstić information content (AvgIpc) is 2.34. The van der Waals surface area contributed by atoms with Crippen LogP contribution in [0.2, 0.25) is 0 Å². The molecular weight excluding hydrogens is 196 g/mol. The molecule has 0 aliphatic carbocycles. The van der Waals surface area contributed by atoms with Crippen LogP contribution in [0.1, 0.15) is 34.1 Å². The van der Waals surface area contributed by atoms with Crippen molar-refractivity contribution in [1.29, 1.82) is 0 Å². The van der Waals surface area contributed by atoms with Crippen molar-refractivity contribution in [2.45, 2.75) is 34.1 Å². The fourth-order valence-corrected chi connectivity index (χ4v) is 1.60. The van der Waals surface area contributed by atoms with E-state index in [1.807, 2.05) is 38.4 Å². The van der Waals surface area contributed by atoms with Gasteiger partial charge in [0.25, 0.3) is 0 Å². The van der Waals surface area contributed by atoms with Crippen LogP contribution in [-0.4, -0.2) is 11.9 Å². The lowest BCUT2D eigenvalue weighted by Crippen LogP contribution is -2.15. The molecule has 2 nitrogen and oxygen atoms in total. The van der Waals surface area contributed by atoms with Crippen molar-refractivity contribution in [2.24, 2.45) is 15.9 Å². The molecule has 16 heavy (non-hydrogen) atoms. The molecule has 0 aromatic heterocycles. The van der Waals surface area contributed by atoms with E-state index in [1.54, 1.807) is 0 Å². The van der Waals surface area contributed by atoms with Gasteiger partial charge >= 0.3 is 0 Å². The van der Waals surface area contributed by atoms with Crippen molar-refractivity contribution >= 4 is 11.9 Å². The Hall–Kier alpha value is -1.44. The lowest BCUT2D eigenvalue weighted by molar-refractivity contribution is 0.678. The van der Waals surface area contributed by atoms with Crippen molar-refractivity contribution in [2.75, 3.05) is 0 Å². The first-order chi connectivity index (χ1) is 7.74. The molecule has 1 rings (SSSR count). The minimum atomic E-state index is 0.519. The molecule has 86 valence electrons. The summed E-state index contributed by atoms with van der Waals surface area (Å²) in [5.74, 6) is 0.519. The van der Waals surface area contributed by atoms with Gasteiger partial charge in [-0.15, -0.1) is 0 Å². The lowest BCUT2D eigenvalue weighted by Gasteiger charge is -2.18. The zero-order chi connectivity index (χ0) is 12.0. The van der Waals surface area contributed by atoms with Crippen molar-refractivity contribution < 1.29 is 0 Å². The molecule has 1 aliphatic heterocycles. The van der Waals surface area contributed by atoms with E-state index < -0.39 is 0 Å². The fraction of sp³-hybridized carbons (Fsp3) is 0.429. The van der Waals surface area contributed by atoms with E-state index in [4.69, 9.17) is 0 Å². The van der Waals surface area contributed by atoms with Crippen molar-refractivity contribution in [3.05, 3.63) is 35.7 Å². The number of dihydropyridines is 1. The first kappa shape index (κ1) is 12.6. The predicted octanol–water partition coefficient (Wildman–Crippen LogP) is 3.92. The summed E-state index contributed by atoms with van der Waals surface area (Å²) in [4.78, 5) is 8.83. The first-order valence-electron chi connectivity index (χ1n) is 5.84. The second-order valence-electron chi connectivity index (χ2n) is 3.84. The number of allylic oxidation sites excluding steroid dienone is 4. The van der Waals surface area contributed by atoms with E-state index in [9.17, 15) is 0 Å². The first-order valence-corrected chi connectivity index (χ1v) is 5.84. The van der Waals surface area contributed by atoms with Crippen molar-refractivity contribution in [3.63, 3.8) is 0 Å². The molecule has 1 heterocycles. The largest absolute Gasteiger partial charge is 0.255 e. The Morgan fingerprint density at radius 2 is 2.19 bits per heavy atom. The number of aliphatic imine (C=N–C) groups is 2. The van der Waals surface area contributed by atoms with Crippen LogP contribution >= 0.6 is 0 Å². The van der Waals surface area contributed by atoms with Crippen molar-refractivity contribution in [1.82, 2.24) is 0 Å². The van der Waals surface area contributed by atoms with Crippen LogP contribution in [0.3, 0.4) is 0 Å². The highest BCUT2D eigenvalue weighted by molar-refractivity contribution is 6.17. The maximum atomic E-state index is 4.49. The van der Waals surface area contributed by atoms with Crippen LogP contribution in [0.15, 0.2) is 45.7 Å². The topological polar surface area (TPSA) is 24.7 Å². The highest BCUT2D eigenvalue weighted by Crippen LogP contribution is 2.23. The van der Waals surface area contributed by atoms with Crippen LogP contribution in [-0.2, 0) is 0 Å². The van der Waals surface area contributed by atoms with Gasteiger partial charge in [-0.3, -0.25) is 9.98 Å². The monoisotopic (exact) mass is 216 g/mol. The summed E-state index contributed by atoms with van der Waals surface area (Å²) < 4.78 is 0. The summed E-state index contributed by atoms with van der Waals surface area (Å²) in [6.07, 6.45) is 10.8. The molecule has 0 spiro atoms. The Morgan fingerprint density at radius 3 is 2.75 bits per heavy atom. The Morgan fingerprint density at radius 1 is 1.44 bits per heavy atom. The molecule has 0 amide bonds. The third-order valence-corrected chi connectivity index (χ3v) is 2.75. The number of hydrogen-bond acceptors (Lipinski definition) is 2. The summed E-state index contributed by atoms with van der Waals surface area (Å²) in [7, 11) is 0. The summed E-state index contributed by atoms with van der Waals surface area (Å²) in [6.45, 7) is 8.39. The predicted molar refractivity (Wildman–Crippen MR) is 72.0 cm³/mol. The highest BCUT2D eigenvalue weighted by atomic mass is 14.8. The normalized spacial score (nSPS) is 23.1. The van der Waals surface area contributed by atoms with Gasteiger partial charge in [0.1, 0.15) is 0 Å². The summed E-state index contributed by atoms with van der Waals surface area (Å²) in [5, 5.41) is 0. The number of rotatable bonds is 3. The fourth-order valence-electron chi connectivity index (χ4n) is 1.60. The second-order valence-corrected chi connectivity index (χ2v) is 3.84. The molecule has 0 radical (unpaired) electrons. The molecule has 1 atom stereocenters. The average molecular weight is 216 g/mol. The smallest absolute Gasteiger partial charge is 0.0917 e. The molecule has 0 saturated heterocycles. The Labute approximate surface area is 98.2 Å². The van der Waals surface area contributed by atoms with Gasteiger partial charge in [-0.25, -0.2) is 0 Å². The van der Waals surface area contributed by atoms with E-state index in [0.717, 1.165) is 17.8 Å². The molecule has 0 aromatic rings. The molecule has 0 fully saturated rings. The van der Waals surface area contributed by atoms with Crippen LogP contribution in [0, 0.1) is 5.92 Å². The van der Waals surface area contributed by atoms with Gasteiger partial charge in [0.2, 0.25) is 0 Å². The Bertz CT molecular complexity index is 382. The molecule has 1 unspecified atom stereocenters. The molecule has 0 aromatic carbocycles. The third kappa shape index (κ3) is 2.78. The van der Waals surface area contributed by atoms with Gasteiger partial charge in [0, 0.05) is 12.4 Å². The maximum Gasteiger partial charge on any atom is 0.0917 e. The Balaban J connectivity index is 3.13. The van der Waals surface area contributed by atoms with E-state index in [2.05, 4.69) is 29.9 Å². The molecular formula is C14H20N2. The van der Waals surface area contributed by atoms with Gasteiger partial charge in [0.15, 0.2) is 0 Å². The summed E-state index contributed by atoms with van der Waals surface area (Å²) in [6, 6.07) is 0. The summed E-state index contributed by atoms with van der Waals surface area (Å²) in [5.41, 5.74) is 3.26. The zero-order valence-electron chi connectivity index (χ0n) is 10.6. The second kappa shape index (κ2) is 6.21. The van der Waals surface area contributed by atoms with Gasteiger partial charge in [-0.2, -0.15) is 0 Å². The molecule has 0 bridgehead atoms. The van der Waals surface area contributed by atoms with Crippen LogP contribution in [0.5, 0.6) is 0 Å². The lowest BCUT2D eigenvalue weighted by atomic mass is 9.91. The van der Waals surface area contributed by atoms with E-state index in [1.165, 1.54) is 5.57 Å². The van der Waals surface area contributed by atoms with Crippen LogP contribution in [0.25, 0.3) is 0 Å². The van der Waals surface area contributed by atoms with Crippen LogP contribution < -0.4 is 0 Å². The quantitative estimate of drug-likeness (QED) is 0.683. The van der Waals surface area contributed by atoms with Gasteiger partial charge in [-0.05, 0) is 37.8 Å². The van der Waals surface area contributed by atoms with E-state index in [0.29, 0.717) is 5.92 Å². The van der Waals surface area contributed by atoms with Crippen molar-refractivity contribution in [3.8, 4) is 0 Å². The molecule has 0 saturated carbocycles. The summed E-state index contributed by atoms with van der Waals surface area (Å²) >= 11 is 0. The molecule has 2 heteroatoms. The molecule has 1 aliphatic rings. The SMILES string of the molecule is C\C=C/N=C1\C(C(C)CC)=CC=N\C1=C\C. The third-order valence-electron chi connectivity index (χ3n) is 2.75. The minimum absolute atomic E-state index is 0.519. The van der Waals surface area contributed by atoms with Crippen LogP contribution in [0.4, 0.5) is 0 Å². The minimum Gasteiger partial charge on any atom is -0.255 e. The van der Waals surface area contributed by atoms with Gasteiger partial charge in [-0.1, -0.05) is 26.0 Å². The highest BCUT2D eigenvalue weighted by Gasteiger charge is 2.18. The number of hydrogen-bond donors (Lipinski definition) is 0. The van der Waals surface area contributed by atoms with Gasteiger partial charge in [0.05, 0.1) is 11.4 Å². The Kier molecular flexibility index (Phi) is 4.90. The van der Waals surface area contributed by atoms with E-state index >= 15 is 0 Å². The number of nitrogens with zero attached hydrogens (tertiary/aromatic N) is 2. The molecule has 0 N–H and O–H groups in total. The maximum absolute atomic E-state index is 4.49. The van der Waals surface area contributed by atoms with Gasteiger partial charge < -0.3 is 0 Å². The standard InChI is InChI=1S/C14H20N2/c1-5-9-16-14-12(11(4)6-2)8-10-15-13(14)7-3/h5,7-11H,6H2,1-4H3/b9-5-,13-7+,16-14+. The zero-order valence-corrected chi connectivity index (χ0v) is 10.6.